The first kappa shape index (κ1) is 19.5. The summed E-state index contributed by atoms with van der Waals surface area (Å²) in [6.07, 6.45) is 5.72. The molecule has 2 N–H and O–H groups in total. The second-order valence-corrected chi connectivity index (χ2v) is 7.76. The van der Waals surface area contributed by atoms with Crippen LogP contribution in [0.3, 0.4) is 0 Å². The number of aromatic amines is 1. The predicted octanol–water partition coefficient (Wildman–Crippen LogP) is 3.91. The molecular formula is C24H29N3O2. The molecule has 0 saturated carbocycles. The highest BCUT2D eigenvalue weighted by atomic mass is 16.5. The number of hydrogen-bond donors (Lipinski definition) is 2. The Morgan fingerprint density at radius 3 is 2.62 bits per heavy atom. The van der Waals surface area contributed by atoms with Gasteiger partial charge in [0.1, 0.15) is 5.75 Å². The van der Waals surface area contributed by atoms with E-state index < -0.39 is 0 Å². The van der Waals surface area contributed by atoms with Crippen molar-refractivity contribution in [1.29, 1.82) is 0 Å². The molecule has 0 bridgehead atoms. The van der Waals surface area contributed by atoms with Gasteiger partial charge in [0, 0.05) is 29.6 Å². The van der Waals surface area contributed by atoms with Crippen molar-refractivity contribution in [3.63, 3.8) is 0 Å². The van der Waals surface area contributed by atoms with Crippen LogP contribution in [0.1, 0.15) is 36.3 Å². The number of rotatable bonds is 7. The lowest BCUT2D eigenvalue weighted by atomic mass is 9.90. The van der Waals surface area contributed by atoms with Crippen LogP contribution in [0, 0.1) is 0 Å². The molecule has 2 heterocycles. The minimum absolute atomic E-state index is 0.0716. The van der Waals surface area contributed by atoms with E-state index in [2.05, 4.69) is 51.7 Å². The molecule has 1 unspecified atom stereocenters. The van der Waals surface area contributed by atoms with E-state index in [0.717, 1.165) is 29.9 Å². The summed E-state index contributed by atoms with van der Waals surface area (Å²) in [6, 6.07) is 16.4. The van der Waals surface area contributed by atoms with Gasteiger partial charge < -0.3 is 15.0 Å². The van der Waals surface area contributed by atoms with Gasteiger partial charge in [0.25, 0.3) is 0 Å². The maximum absolute atomic E-state index is 12.6. The van der Waals surface area contributed by atoms with Crippen molar-refractivity contribution in [2.45, 2.75) is 25.2 Å². The van der Waals surface area contributed by atoms with Crippen molar-refractivity contribution in [1.82, 2.24) is 15.2 Å². The molecule has 3 aromatic rings. The summed E-state index contributed by atoms with van der Waals surface area (Å²) in [6.45, 7) is 3.11. The number of piperidine rings is 1. The van der Waals surface area contributed by atoms with Crippen LogP contribution in [0.15, 0.2) is 54.7 Å². The number of para-hydroxylation sites is 1. The Kier molecular flexibility index (Phi) is 6.15. The number of aromatic nitrogens is 1. The summed E-state index contributed by atoms with van der Waals surface area (Å²) in [5, 5.41) is 4.38. The van der Waals surface area contributed by atoms with Crippen LogP contribution in [0.25, 0.3) is 10.9 Å². The number of carbonyl (C=O) groups excluding carboxylic acids is 1. The van der Waals surface area contributed by atoms with Crippen LogP contribution >= 0.6 is 0 Å². The number of methoxy groups -OCH3 is 1. The van der Waals surface area contributed by atoms with Crippen LogP contribution in [-0.4, -0.2) is 49.1 Å². The minimum Gasteiger partial charge on any atom is -0.497 e. The molecule has 152 valence electrons. The van der Waals surface area contributed by atoms with Crippen molar-refractivity contribution < 1.29 is 9.53 Å². The van der Waals surface area contributed by atoms with E-state index in [9.17, 15) is 4.79 Å². The van der Waals surface area contributed by atoms with Gasteiger partial charge in [-0.1, -0.05) is 36.8 Å². The number of likely N-dealkylation sites (tertiary alicyclic amines) is 1. The Labute approximate surface area is 172 Å². The highest BCUT2D eigenvalue weighted by Gasteiger charge is 2.20. The number of benzene rings is 2. The van der Waals surface area contributed by atoms with E-state index in [1.54, 1.807) is 7.11 Å². The minimum atomic E-state index is 0.0716. The summed E-state index contributed by atoms with van der Waals surface area (Å²) >= 11 is 0. The van der Waals surface area contributed by atoms with Crippen molar-refractivity contribution in [2.24, 2.45) is 0 Å². The van der Waals surface area contributed by atoms with Crippen LogP contribution in [0.4, 0.5) is 0 Å². The zero-order valence-corrected chi connectivity index (χ0v) is 17.0. The monoisotopic (exact) mass is 391 g/mol. The van der Waals surface area contributed by atoms with Crippen LogP contribution in [-0.2, 0) is 4.79 Å². The highest BCUT2D eigenvalue weighted by Crippen LogP contribution is 2.31. The Morgan fingerprint density at radius 1 is 1.10 bits per heavy atom. The molecule has 0 aliphatic carbocycles. The van der Waals surface area contributed by atoms with E-state index in [4.69, 9.17) is 4.74 Å². The smallest absolute Gasteiger partial charge is 0.234 e. The highest BCUT2D eigenvalue weighted by molar-refractivity contribution is 5.84. The largest absolute Gasteiger partial charge is 0.497 e. The topological polar surface area (TPSA) is 57.4 Å². The second-order valence-electron chi connectivity index (χ2n) is 7.76. The zero-order chi connectivity index (χ0) is 20.1. The molecule has 5 heteroatoms. The number of H-pyrrole nitrogens is 1. The molecule has 5 nitrogen and oxygen atoms in total. The van der Waals surface area contributed by atoms with Gasteiger partial charge in [-0.05, 0) is 55.3 Å². The molecule has 29 heavy (non-hydrogen) atoms. The molecule has 1 aromatic heterocycles. The number of hydrogen-bond acceptors (Lipinski definition) is 3. The van der Waals surface area contributed by atoms with Crippen molar-refractivity contribution >= 4 is 16.8 Å². The van der Waals surface area contributed by atoms with Gasteiger partial charge in [0.2, 0.25) is 5.91 Å². The average molecular weight is 392 g/mol. The Morgan fingerprint density at radius 2 is 1.86 bits per heavy atom. The van der Waals surface area contributed by atoms with Gasteiger partial charge >= 0.3 is 0 Å². The van der Waals surface area contributed by atoms with Gasteiger partial charge in [-0.15, -0.1) is 0 Å². The van der Waals surface area contributed by atoms with Crippen LogP contribution < -0.4 is 10.1 Å². The summed E-state index contributed by atoms with van der Waals surface area (Å²) in [4.78, 5) is 18.2. The number of nitrogens with zero attached hydrogens (tertiary/aromatic N) is 1. The van der Waals surface area contributed by atoms with E-state index in [1.165, 1.54) is 30.2 Å². The molecule has 1 aliphatic heterocycles. The molecule has 1 amide bonds. The average Bonchev–Trinajstić information content (AvgIpc) is 3.19. The molecule has 0 spiro atoms. The molecule has 0 radical (unpaired) electrons. The van der Waals surface area contributed by atoms with Crippen molar-refractivity contribution in [3.8, 4) is 5.75 Å². The Hall–Kier alpha value is -2.79. The summed E-state index contributed by atoms with van der Waals surface area (Å²) in [7, 11) is 1.67. The quantitative estimate of drug-likeness (QED) is 0.642. The standard InChI is InChI=1S/C24H29N3O2/c1-29-19-11-9-18(10-12-19)21(22-16-25-23-8-4-3-7-20(22)23)15-26-24(28)17-27-13-5-2-6-14-27/h3-4,7-12,16,21,25H,2,5-6,13-15,17H2,1H3,(H,26,28). The normalized spacial score (nSPS) is 15.9. The van der Waals surface area contributed by atoms with Crippen molar-refractivity contribution in [3.05, 3.63) is 65.9 Å². The van der Waals surface area contributed by atoms with Gasteiger partial charge in [0.05, 0.1) is 13.7 Å². The number of nitrogens with one attached hydrogen (secondary N) is 2. The molecule has 4 rings (SSSR count). The van der Waals surface area contributed by atoms with Crippen LogP contribution in [0.2, 0.25) is 0 Å². The Bertz CT molecular complexity index is 942. The Balaban J connectivity index is 1.54. The third-order valence-corrected chi connectivity index (χ3v) is 5.83. The molecule has 1 saturated heterocycles. The zero-order valence-electron chi connectivity index (χ0n) is 17.0. The van der Waals surface area contributed by atoms with Crippen LogP contribution in [0.5, 0.6) is 5.75 Å². The lowest BCUT2D eigenvalue weighted by Gasteiger charge is -2.26. The lowest BCUT2D eigenvalue weighted by molar-refractivity contribution is -0.122. The molecule has 1 atom stereocenters. The molecular weight excluding hydrogens is 362 g/mol. The number of carbonyl (C=O) groups is 1. The maximum atomic E-state index is 12.6. The molecule has 2 aromatic carbocycles. The van der Waals surface area contributed by atoms with Crippen molar-refractivity contribution in [2.75, 3.05) is 33.3 Å². The fraction of sp³-hybridized carbons (Fsp3) is 0.375. The lowest BCUT2D eigenvalue weighted by Crippen LogP contribution is -2.41. The number of amides is 1. The summed E-state index contributed by atoms with van der Waals surface area (Å²) in [5.74, 6) is 1.01. The third-order valence-electron chi connectivity index (χ3n) is 5.83. The van der Waals surface area contributed by atoms with E-state index >= 15 is 0 Å². The third kappa shape index (κ3) is 4.62. The number of fused-ring (bicyclic) bond motifs is 1. The number of ether oxygens (including phenoxy) is 1. The predicted molar refractivity (Wildman–Crippen MR) is 116 cm³/mol. The molecule has 1 aliphatic rings. The fourth-order valence-electron chi connectivity index (χ4n) is 4.22. The second kappa shape index (κ2) is 9.14. The first-order valence-corrected chi connectivity index (χ1v) is 10.4. The van der Waals surface area contributed by atoms with E-state index in [1.807, 2.05) is 18.2 Å². The van der Waals surface area contributed by atoms with Gasteiger partial charge in [0.15, 0.2) is 0 Å². The van der Waals surface area contributed by atoms with E-state index in [0.29, 0.717) is 13.1 Å². The van der Waals surface area contributed by atoms with Gasteiger partial charge in [-0.3, -0.25) is 9.69 Å². The van der Waals surface area contributed by atoms with E-state index in [-0.39, 0.29) is 11.8 Å². The van der Waals surface area contributed by atoms with Gasteiger partial charge in [-0.2, -0.15) is 0 Å². The maximum Gasteiger partial charge on any atom is 0.234 e. The SMILES string of the molecule is COc1ccc(C(CNC(=O)CN2CCCCC2)c2c[nH]c3ccccc23)cc1. The van der Waals surface area contributed by atoms with Gasteiger partial charge in [-0.25, -0.2) is 0 Å². The molecule has 1 fully saturated rings. The first-order valence-electron chi connectivity index (χ1n) is 10.4. The fourth-order valence-corrected chi connectivity index (χ4v) is 4.22. The summed E-state index contributed by atoms with van der Waals surface area (Å²) < 4.78 is 5.31. The first-order chi connectivity index (χ1) is 14.2. The summed E-state index contributed by atoms with van der Waals surface area (Å²) in [5.41, 5.74) is 3.47.